The predicted molar refractivity (Wildman–Crippen MR) is 94.2 cm³/mol. The van der Waals surface area contributed by atoms with Crippen molar-refractivity contribution in [1.82, 2.24) is 0 Å². The average molecular weight is 348 g/mol. The maximum Gasteiger partial charge on any atom is 0.306 e. The Kier molecular flexibility index (Phi) is 8.29. The Morgan fingerprint density at radius 2 is 1.60 bits per heavy atom. The van der Waals surface area contributed by atoms with Gasteiger partial charge < -0.3 is 14.2 Å². The van der Waals surface area contributed by atoms with E-state index in [9.17, 15) is 9.59 Å². The summed E-state index contributed by atoms with van der Waals surface area (Å²) in [6.07, 6.45) is 7.05. The number of hydrogen-bond acceptors (Lipinski definition) is 5. The Morgan fingerprint density at radius 1 is 0.960 bits per heavy atom. The summed E-state index contributed by atoms with van der Waals surface area (Å²) >= 11 is 0. The van der Waals surface area contributed by atoms with Crippen molar-refractivity contribution in [3.05, 3.63) is 29.8 Å². The molecule has 25 heavy (non-hydrogen) atoms. The van der Waals surface area contributed by atoms with E-state index < -0.39 is 0 Å². The lowest BCUT2D eigenvalue weighted by molar-refractivity contribution is -0.147. The highest BCUT2D eigenvalue weighted by Crippen LogP contribution is 2.23. The predicted octanol–water partition coefficient (Wildman–Crippen LogP) is 4.03. The minimum absolute atomic E-state index is 0.214. The van der Waals surface area contributed by atoms with Crippen LogP contribution >= 0.6 is 0 Å². The van der Waals surface area contributed by atoms with Crippen molar-refractivity contribution < 1.29 is 23.8 Å². The standard InChI is InChI=1S/C20H28O5/c1-23-18-12-10-17(11-13-18)15-25-20(22)9-5-8-19(21)24-14-16-6-3-2-4-7-16/h10-13,16H,2-9,14-15H2,1H3. The summed E-state index contributed by atoms with van der Waals surface area (Å²) < 4.78 is 15.6. The summed E-state index contributed by atoms with van der Waals surface area (Å²) in [7, 11) is 1.61. The average Bonchev–Trinajstić information content (AvgIpc) is 2.66. The third kappa shape index (κ3) is 7.59. The molecule has 5 heteroatoms. The molecule has 0 aromatic heterocycles. The van der Waals surface area contributed by atoms with Crippen LogP contribution in [0.5, 0.6) is 5.75 Å². The molecular formula is C20H28O5. The van der Waals surface area contributed by atoms with Crippen LogP contribution in [0.2, 0.25) is 0 Å². The fourth-order valence-corrected chi connectivity index (χ4v) is 2.97. The lowest BCUT2D eigenvalue weighted by Crippen LogP contribution is -2.16. The summed E-state index contributed by atoms with van der Waals surface area (Å²) in [5.74, 6) is 0.776. The first-order valence-electron chi connectivity index (χ1n) is 9.11. The highest BCUT2D eigenvalue weighted by molar-refractivity contribution is 5.72. The fourth-order valence-electron chi connectivity index (χ4n) is 2.97. The van der Waals surface area contributed by atoms with Gasteiger partial charge in [-0.15, -0.1) is 0 Å². The van der Waals surface area contributed by atoms with Gasteiger partial charge in [-0.1, -0.05) is 31.4 Å². The topological polar surface area (TPSA) is 61.8 Å². The zero-order valence-electron chi connectivity index (χ0n) is 15.0. The van der Waals surface area contributed by atoms with Gasteiger partial charge in [-0.2, -0.15) is 0 Å². The van der Waals surface area contributed by atoms with Gasteiger partial charge in [-0.25, -0.2) is 0 Å². The van der Waals surface area contributed by atoms with Gasteiger partial charge in [-0.3, -0.25) is 9.59 Å². The monoisotopic (exact) mass is 348 g/mol. The number of methoxy groups -OCH3 is 1. The molecule has 0 heterocycles. The van der Waals surface area contributed by atoms with E-state index in [-0.39, 0.29) is 31.4 Å². The minimum Gasteiger partial charge on any atom is -0.497 e. The molecule has 2 rings (SSSR count). The largest absolute Gasteiger partial charge is 0.497 e. The van der Waals surface area contributed by atoms with Gasteiger partial charge in [0.25, 0.3) is 0 Å². The highest BCUT2D eigenvalue weighted by Gasteiger charge is 2.15. The van der Waals surface area contributed by atoms with Crippen LogP contribution in [-0.2, 0) is 25.7 Å². The zero-order valence-corrected chi connectivity index (χ0v) is 15.0. The van der Waals surface area contributed by atoms with Gasteiger partial charge in [0.1, 0.15) is 12.4 Å². The van der Waals surface area contributed by atoms with Crippen molar-refractivity contribution in [2.24, 2.45) is 5.92 Å². The fraction of sp³-hybridized carbons (Fsp3) is 0.600. The Balaban J connectivity index is 1.54. The number of ether oxygens (including phenoxy) is 3. The Hall–Kier alpha value is -2.04. The number of benzene rings is 1. The molecule has 0 radical (unpaired) electrons. The van der Waals surface area contributed by atoms with Crippen molar-refractivity contribution in [2.75, 3.05) is 13.7 Å². The summed E-state index contributed by atoms with van der Waals surface area (Å²) in [4.78, 5) is 23.4. The number of carbonyl (C=O) groups is 2. The number of hydrogen-bond donors (Lipinski definition) is 0. The molecule has 5 nitrogen and oxygen atoms in total. The van der Waals surface area contributed by atoms with E-state index >= 15 is 0 Å². The third-order valence-corrected chi connectivity index (χ3v) is 4.53. The smallest absolute Gasteiger partial charge is 0.306 e. The first-order valence-corrected chi connectivity index (χ1v) is 9.11. The third-order valence-electron chi connectivity index (χ3n) is 4.53. The number of rotatable bonds is 9. The molecule has 1 aromatic carbocycles. The molecule has 0 unspecified atom stereocenters. The second kappa shape index (κ2) is 10.7. The van der Waals surface area contributed by atoms with Crippen molar-refractivity contribution in [2.45, 2.75) is 58.0 Å². The van der Waals surface area contributed by atoms with Crippen molar-refractivity contribution in [1.29, 1.82) is 0 Å². The van der Waals surface area contributed by atoms with Gasteiger partial charge in [0.05, 0.1) is 13.7 Å². The number of esters is 2. The van der Waals surface area contributed by atoms with Crippen LogP contribution in [0.25, 0.3) is 0 Å². The van der Waals surface area contributed by atoms with Crippen LogP contribution in [0, 0.1) is 5.92 Å². The van der Waals surface area contributed by atoms with Crippen LogP contribution in [0.1, 0.15) is 56.9 Å². The first-order chi connectivity index (χ1) is 12.2. The quantitative estimate of drug-likeness (QED) is 0.631. The minimum atomic E-state index is -0.295. The van der Waals surface area contributed by atoms with E-state index in [1.54, 1.807) is 7.11 Å². The van der Waals surface area contributed by atoms with Gasteiger partial charge in [-0.05, 0) is 42.9 Å². The molecule has 0 aliphatic heterocycles. The molecule has 0 N–H and O–H groups in total. The summed E-state index contributed by atoms with van der Waals surface area (Å²) in [6, 6.07) is 7.36. The molecule has 1 aliphatic carbocycles. The molecule has 1 fully saturated rings. The van der Waals surface area contributed by atoms with Crippen molar-refractivity contribution in [3.8, 4) is 5.75 Å². The van der Waals surface area contributed by atoms with Gasteiger partial charge in [0, 0.05) is 12.8 Å². The maximum atomic E-state index is 11.7. The lowest BCUT2D eigenvalue weighted by Gasteiger charge is -2.20. The molecule has 0 spiro atoms. The summed E-state index contributed by atoms with van der Waals surface area (Å²) in [5, 5.41) is 0. The van der Waals surface area contributed by atoms with Gasteiger partial charge >= 0.3 is 11.9 Å². The highest BCUT2D eigenvalue weighted by atomic mass is 16.5. The Labute approximate surface area is 149 Å². The van der Waals surface area contributed by atoms with Crippen LogP contribution in [-0.4, -0.2) is 25.7 Å². The summed E-state index contributed by atoms with van der Waals surface area (Å²) in [6.45, 7) is 0.760. The van der Waals surface area contributed by atoms with Crippen molar-refractivity contribution >= 4 is 11.9 Å². The Morgan fingerprint density at radius 3 is 2.24 bits per heavy atom. The molecule has 0 bridgehead atoms. The van der Waals surface area contributed by atoms with E-state index in [1.165, 1.54) is 19.3 Å². The van der Waals surface area contributed by atoms with Gasteiger partial charge in [0.15, 0.2) is 0 Å². The molecule has 0 atom stereocenters. The molecule has 1 aromatic rings. The van der Waals surface area contributed by atoms with E-state index in [0.29, 0.717) is 18.9 Å². The molecule has 0 saturated heterocycles. The van der Waals surface area contributed by atoms with Crippen LogP contribution in [0.15, 0.2) is 24.3 Å². The molecular weight excluding hydrogens is 320 g/mol. The lowest BCUT2D eigenvalue weighted by atomic mass is 9.90. The van der Waals surface area contributed by atoms with E-state index in [0.717, 1.165) is 24.2 Å². The second-order valence-corrected chi connectivity index (χ2v) is 6.55. The molecule has 1 aliphatic rings. The first kappa shape index (κ1) is 19.3. The van der Waals surface area contributed by atoms with E-state index in [2.05, 4.69) is 0 Å². The van der Waals surface area contributed by atoms with Crippen molar-refractivity contribution in [3.63, 3.8) is 0 Å². The molecule has 138 valence electrons. The second-order valence-electron chi connectivity index (χ2n) is 6.55. The zero-order chi connectivity index (χ0) is 17.9. The maximum absolute atomic E-state index is 11.7. The number of carbonyl (C=O) groups excluding carboxylic acids is 2. The normalized spacial score (nSPS) is 14.8. The van der Waals surface area contributed by atoms with Gasteiger partial charge in [0.2, 0.25) is 0 Å². The van der Waals surface area contributed by atoms with Crippen LogP contribution < -0.4 is 4.74 Å². The molecule has 0 amide bonds. The van der Waals surface area contributed by atoms with E-state index in [4.69, 9.17) is 14.2 Å². The SMILES string of the molecule is COc1ccc(COC(=O)CCCC(=O)OCC2CCCCC2)cc1. The van der Waals surface area contributed by atoms with Crippen LogP contribution in [0.3, 0.4) is 0 Å². The Bertz CT molecular complexity index is 532. The molecule has 1 saturated carbocycles. The summed E-state index contributed by atoms with van der Waals surface area (Å²) in [5.41, 5.74) is 0.904. The van der Waals surface area contributed by atoms with Crippen LogP contribution in [0.4, 0.5) is 0 Å². The van der Waals surface area contributed by atoms with E-state index in [1.807, 2.05) is 24.3 Å².